The van der Waals surface area contributed by atoms with Crippen LogP contribution in [0, 0.1) is 6.07 Å². The summed E-state index contributed by atoms with van der Waals surface area (Å²) in [4.78, 5) is 1.42. The molecule has 1 aliphatic carbocycles. The van der Waals surface area contributed by atoms with Crippen molar-refractivity contribution in [3.05, 3.63) is 92.7 Å². The van der Waals surface area contributed by atoms with Crippen LogP contribution in [0.4, 0.5) is 0 Å². The van der Waals surface area contributed by atoms with Gasteiger partial charge in [-0.15, -0.1) is 40.8 Å². The van der Waals surface area contributed by atoms with Gasteiger partial charge >= 0.3 is 37.9 Å². The van der Waals surface area contributed by atoms with Gasteiger partial charge in [-0.2, -0.15) is 41.8 Å². The van der Waals surface area contributed by atoms with E-state index in [1.807, 2.05) is 23.9 Å². The fourth-order valence-electron chi connectivity index (χ4n) is 2.85. The molecule has 0 saturated carbocycles. The normalized spacial score (nSPS) is 15.9. The molecule has 0 fully saturated rings. The smallest absolute Gasteiger partial charge is 0.0809 e. The van der Waals surface area contributed by atoms with Gasteiger partial charge in [-0.05, 0) is 20.8 Å². The first kappa shape index (κ1) is 22.5. The summed E-state index contributed by atoms with van der Waals surface area (Å²) in [5.41, 5.74) is 2.64. The SMILES string of the molecule is BrC1=CC2C(=Cc3ccc[c-]c32)S1.[Cl][Zr][Cl].[SH-].c1ccc2[cH-]ccc2c1. The van der Waals surface area contributed by atoms with E-state index in [-0.39, 0.29) is 13.5 Å². The van der Waals surface area contributed by atoms with E-state index in [0.717, 1.165) is 0 Å². The van der Waals surface area contributed by atoms with Crippen molar-refractivity contribution in [2.45, 2.75) is 5.92 Å². The molecular weight excluding hydrogens is 546 g/mol. The van der Waals surface area contributed by atoms with Gasteiger partial charge < -0.3 is 13.5 Å². The summed E-state index contributed by atoms with van der Waals surface area (Å²) in [6, 6.07) is 24.2. The number of halogens is 3. The van der Waals surface area contributed by atoms with Gasteiger partial charge in [0.05, 0.1) is 3.81 Å². The predicted molar refractivity (Wildman–Crippen MR) is 121 cm³/mol. The molecule has 1 atom stereocenters. The Morgan fingerprint density at radius 2 is 1.88 bits per heavy atom. The largest absolute Gasteiger partial charge is 0.813 e. The van der Waals surface area contributed by atoms with Crippen molar-refractivity contribution in [1.29, 1.82) is 0 Å². The third kappa shape index (κ3) is 5.59. The van der Waals surface area contributed by atoms with Crippen molar-refractivity contribution in [3.63, 3.8) is 0 Å². The Balaban J connectivity index is 0.000000165. The average molecular weight is 560 g/mol. The molecule has 134 valence electrons. The topological polar surface area (TPSA) is 0 Å². The van der Waals surface area contributed by atoms with E-state index in [1.54, 1.807) is 0 Å². The van der Waals surface area contributed by atoms with Crippen LogP contribution in [0.15, 0.2) is 75.5 Å². The molecular formula is C20H14BrCl2S2Zr-3. The molecule has 0 aromatic heterocycles. The van der Waals surface area contributed by atoms with E-state index in [0.29, 0.717) is 5.92 Å². The van der Waals surface area contributed by atoms with Gasteiger partial charge in [-0.25, -0.2) is 0 Å². The molecule has 2 aliphatic rings. The minimum absolute atomic E-state index is 0. The number of hydrogen-bond donors (Lipinski definition) is 0. The zero-order valence-electron chi connectivity index (χ0n) is 13.5. The molecule has 1 heterocycles. The zero-order valence-corrected chi connectivity index (χ0v) is 20.8. The van der Waals surface area contributed by atoms with Gasteiger partial charge in [0.1, 0.15) is 0 Å². The second-order valence-corrected chi connectivity index (χ2v) is 11.6. The first-order valence-corrected chi connectivity index (χ1v) is 15.5. The van der Waals surface area contributed by atoms with Crippen LogP contribution in [-0.4, -0.2) is 0 Å². The summed E-state index contributed by atoms with van der Waals surface area (Å²) in [6.45, 7) is 0. The fourth-order valence-corrected chi connectivity index (χ4v) is 4.60. The Kier molecular flexibility index (Phi) is 9.71. The Morgan fingerprint density at radius 3 is 2.65 bits per heavy atom. The molecule has 3 aromatic carbocycles. The molecule has 1 unspecified atom stereocenters. The minimum atomic E-state index is -0.826. The van der Waals surface area contributed by atoms with Crippen molar-refractivity contribution in [3.8, 4) is 0 Å². The molecule has 3 aromatic rings. The quantitative estimate of drug-likeness (QED) is 0.158. The third-order valence-electron chi connectivity index (χ3n) is 3.90. The van der Waals surface area contributed by atoms with Crippen LogP contribution < -0.4 is 0 Å². The van der Waals surface area contributed by atoms with Crippen LogP contribution in [0.1, 0.15) is 17.0 Å². The van der Waals surface area contributed by atoms with E-state index in [1.165, 1.54) is 30.6 Å². The third-order valence-corrected chi connectivity index (χ3v) is 5.59. The molecule has 0 nitrogen and oxygen atoms in total. The molecule has 0 N–H and O–H groups in total. The molecule has 0 bridgehead atoms. The molecule has 0 amide bonds. The first-order valence-electron chi connectivity index (χ1n) is 7.57. The number of rotatable bonds is 0. The summed E-state index contributed by atoms with van der Waals surface area (Å²) in [5, 5.41) is 2.66. The van der Waals surface area contributed by atoms with Gasteiger partial charge in [0.15, 0.2) is 0 Å². The van der Waals surface area contributed by atoms with Gasteiger partial charge in [0.25, 0.3) is 0 Å². The van der Waals surface area contributed by atoms with E-state index in [2.05, 4.69) is 82.7 Å². The van der Waals surface area contributed by atoms with Gasteiger partial charge in [0, 0.05) is 5.92 Å². The van der Waals surface area contributed by atoms with Gasteiger partial charge in [-0.3, -0.25) is 0 Å². The molecule has 5 rings (SSSR count). The van der Waals surface area contributed by atoms with E-state index >= 15 is 0 Å². The van der Waals surface area contributed by atoms with Gasteiger partial charge in [0.2, 0.25) is 0 Å². The van der Waals surface area contributed by atoms with Crippen LogP contribution in [0.25, 0.3) is 16.8 Å². The molecule has 26 heavy (non-hydrogen) atoms. The Bertz CT molecular complexity index is 891. The van der Waals surface area contributed by atoms with Crippen LogP contribution in [0.3, 0.4) is 0 Å². The number of thioether (sulfide) groups is 1. The second-order valence-electron chi connectivity index (χ2n) is 5.36. The fraction of sp³-hybridized carbons (Fsp3) is 0.0500. The van der Waals surface area contributed by atoms with Crippen LogP contribution >= 0.6 is 44.7 Å². The average Bonchev–Trinajstić information content (AvgIpc) is 3.29. The molecule has 0 saturated heterocycles. The van der Waals surface area contributed by atoms with E-state index in [9.17, 15) is 0 Å². The maximum Gasteiger partial charge on any atom is -0.0809 e. The van der Waals surface area contributed by atoms with Crippen molar-refractivity contribution in [2.24, 2.45) is 0 Å². The van der Waals surface area contributed by atoms with Gasteiger partial charge in [-0.1, -0.05) is 30.0 Å². The Labute approximate surface area is 192 Å². The molecule has 6 heteroatoms. The maximum absolute atomic E-state index is 4.93. The van der Waals surface area contributed by atoms with Crippen LogP contribution in [0.2, 0.25) is 0 Å². The van der Waals surface area contributed by atoms with E-state index in [4.69, 9.17) is 17.0 Å². The molecule has 0 spiro atoms. The standard InChI is InChI=1S/C11H6BrS.C9H7.2ClH.H2S.Zr/c12-11-6-9-8-4-2-1-3-7(8)5-10(9)13-11;1-2-5-9-7-3-6-8(9)4-1;;;;/h1-3,5-6,9H;1-7H;2*1H;1H2;/q2*-1;;;;+2/p-3. The Morgan fingerprint density at radius 1 is 1.12 bits per heavy atom. The number of fused-ring (bicyclic) bond motifs is 4. The van der Waals surface area contributed by atoms with E-state index < -0.39 is 20.8 Å². The predicted octanol–water partition coefficient (Wildman–Crippen LogP) is 7.57. The second kappa shape index (κ2) is 11.2. The zero-order chi connectivity index (χ0) is 17.6. The van der Waals surface area contributed by atoms with Crippen molar-refractivity contribution in [2.75, 3.05) is 0 Å². The summed E-state index contributed by atoms with van der Waals surface area (Å²) in [6.07, 6.45) is 4.50. The monoisotopic (exact) mass is 557 g/mol. The number of hydrogen-bond acceptors (Lipinski definition) is 2. The number of allylic oxidation sites excluding steroid dienone is 2. The summed E-state index contributed by atoms with van der Waals surface area (Å²) in [7, 11) is 9.87. The Hall–Kier alpha value is 0.173. The molecule has 1 aliphatic heterocycles. The summed E-state index contributed by atoms with van der Waals surface area (Å²) in [5.74, 6) is 0.468. The number of thiol groups is 1. The first-order chi connectivity index (χ1) is 12.2. The number of benzene rings is 2. The van der Waals surface area contributed by atoms with Crippen molar-refractivity contribution in [1.82, 2.24) is 0 Å². The van der Waals surface area contributed by atoms with Crippen molar-refractivity contribution < 1.29 is 20.8 Å². The summed E-state index contributed by atoms with van der Waals surface area (Å²) < 4.78 is 1.23. The minimum Gasteiger partial charge on any atom is -0.813 e. The van der Waals surface area contributed by atoms with Crippen molar-refractivity contribution >= 4 is 75.1 Å². The molecule has 0 radical (unpaired) electrons. The van der Waals surface area contributed by atoms with Crippen LogP contribution in [0.5, 0.6) is 0 Å². The maximum atomic E-state index is 4.93. The summed E-state index contributed by atoms with van der Waals surface area (Å²) >= 11 is 4.50. The van der Waals surface area contributed by atoms with Crippen LogP contribution in [-0.2, 0) is 34.3 Å².